The fourth-order valence-corrected chi connectivity index (χ4v) is 3.73. The van der Waals surface area contributed by atoms with Crippen LogP contribution in [0.15, 0.2) is 47.4 Å². The molecular weight excluding hydrogens is 361 g/mol. The first-order chi connectivity index (χ1) is 13.5. The summed E-state index contributed by atoms with van der Waals surface area (Å²) >= 11 is 0. The molecule has 4 rings (SSSR count). The second-order valence-corrected chi connectivity index (χ2v) is 7.01. The zero-order valence-electron chi connectivity index (χ0n) is 15.2. The number of pyridine rings is 1. The fourth-order valence-electron chi connectivity index (χ4n) is 3.73. The van der Waals surface area contributed by atoms with E-state index in [4.69, 9.17) is 5.73 Å². The molecule has 0 saturated carbocycles. The summed E-state index contributed by atoms with van der Waals surface area (Å²) < 4.78 is 16.0. The molecule has 6 nitrogen and oxygen atoms in total. The molecular formula is C21H20FN3O3. The number of benzene rings is 2. The van der Waals surface area contributed by atoms with Crippen molar-refractivity contribution in [3.8, 4) is 5.69 Å². The fraction of sp³-hybridized carbons (Fsp3) is 0.238. The molecule has 3 aromatic rings. The third kappa shape index (κ3) is 3.09. The van der Waals surface area contributed by atoms with Gasteiger partial charge in [-0.05, 0) is 55.7 Å². The molecule has 144 valence electrons. The van der Waals surface area contributed by atoms with Crippen LogP contribution in [0.25, 0.3) is 16.6 Å². The van der Waals surface area contributed by atoms with Crippen LogP contribution in [-0.2, 0) is 0 Å². The number of anilines is 2. The molecule has 2 aromatic carbocycles. The third-order valence-electron chi connectivity index (χ3n) is 5.17. The smallest absolute Gasteiger partial charge is 0.341 e. The number of fused-ring (bicyclic) bond motifs is 1. The second-order valence-electron chi connectivity index (χ2n) is 7.01. The van der Waals surface area contributed by atoms with Gasteiger partial charge in [-0.2, -0.15) is 0 Å². The minimum Gasteiger partial charge on any atom is -0.477 e. The largest absolute Gasteiger partial charge is 0.477 e. The zero-order chi connectivity index (χ0) is 19.8. The van der Waals surface area contributed by atoms with Crippen LogP contribution in [0.3, 0.4) is 0 Å². The van der Waals surface area contributed by atoms with Gasteiger partial charge in [-0.25, -0.2) is 9.18 Å². The van der Waals surface area contributed by atoms with E-state index in [1.807, 2.05) is 12.1 Å². The van der Waals surface area contributed by atoms with E-state index in [-0.39, 0.29) is 16.8 Å². The topological polar surface area (TPSA) is 88.6 Å². The number of carboxylic acid groups (broad SMARTS) is 1. The highest BCUT2D eigenvalue weighted by Crippen LogP contribution is 2.27. The van der Waals surface area contributed by atoms with Crippen molar-refractivity contribution in [1.29, 1.82) is 0 Å². The monoisotopic (exact) mass is 381 g/mol. The van der Waals surface area contributed by atoms with E-state index in [2.05, 4.69) is 4.90 Å². The van der Waals surface area contributed by atoms with Crippen molar-refractivity contribution in [2.45, 2.75) is 19.3 Å². The summed E-state index contributed by atoms with van der Waals surface area (Å²) in [5, 5.41) is 9.67. The summed E-state index contributed by atoms with van der Waals surface area (Å²) in [5.74, 6) is -1.94. The minimum atomic E-state index is -1.35. The Kier molecular flexibility index (Phi) is 4.50. The maximum absolute atomic E-state index is 14.6. The molecule has 1 fully saturated rings. The Hall–Kier alpha value is -3.35. The number of aromatic nitrogens is 1. The first-order valence-corrected chi connectivity index (χ1v) is 9.19. The first-order valence-electron chi connectivity index (χ1n) is 9.19. The van der Waals surface area contributed by atoms with Crippen molar-refractivity contribution in [2.75, 3.05) is 23.7 Å². The maximum atomic E-state index is 14.6. The number of nitrogen functional groups attached to an aromatic ring is 1. The molecule has 0 atom stereocenters. The molecule has 0 spiro atoms. The Morgan fingerprint density at radius 1 is 1.07 bits per heavy atom. The van der Waals surface area contributed by atoms with Crippen LogP contribution in [0.4, 0.5) is 15.8 Å². The molecule has 1 aliphatic heterocycles. The van der Waals surface area contributed by atoms with Crippen LogP contribution in [0, 0.1) is 5.82 Å². The Labute approximate surface area is 160 Å². The Morgan fingerprint density at radius 3 is 2.50 bits per heavy atom. The van der Waals surface area contributed by atoms with Gasteiger partial charge in [0.15, 0.2) is 0 Å². The molecule has 1 saturated heterocycles. The summed E-state index contributed by atoms with van der Waals surface area (Å²) in [6.45, 7) is 1.83. The summed E-state index contributed by atoms with van der Waals surface area (Å²) in [6.07, 6.45) is 4.56. The normalized spacial score (nSPS) is 14.4. The van der Waals surface area contributed by atoms with Crippen LogP contribution < -0.4 is 16.1 Å². The molecule has 0 aliphatic carbocycles. The van der Waals surface area contributed by atoms with Crippen molar-refractivity contribution in [3.05, 3.63) is 64.2 Å². The zero-order valence-corrected chi connectivity index (χ0v) is 15.2. The van der Waals surface area contributed by atoms with Gasteiger partial charge < -0.3 is 20.3 Å². The lowest BCUT2D eigenvalue weighted by Crippen LogP contribution is -2.29. The number of nitrogens with zero attached hydrogens (tertiary/aromatic N) is 2. The predicted octanol–water partition coefficient (Wildman–Crippen LogP) is 3.40. The molecule has 28 heavy (non-hydrogen) atoms. The molecule has 7 heteroatoms. The van der Waals surface area contributed by atoms with E-state index in [9.17, 15) is 19.1 Å². The predicted molar refractivity (Wildman–Crippen MR) is 107 cm³/mol. The molecule has 1 aromatic heterocycles. The number of rotatable bonds is 3. The van der Waals surface area contributed by atoms with Gasteiger partial charge in [-0.3, -0.25) is 4.79 Å². The number of hydrogen-bond acceptors (Lipinski definition) is 4. The van der Waals surface area contributed by atoms with E-state index in [0.717, 1.165) is 31.6 Å². The van der Waals surface area contributed by atoms with Crippen molar-refractivity contribution < 1.29 is 14.3 Å². The van der Waals surface area contributed by atoms with Crippen molar-refractivity contribution in [2.24, 2.45) is 0 Å². The van der Waals surface area contributed by atoms with Crippen LogP contribution in [-0.4, -0.2) is 28.7 Å². The summed E-state index contributed by atoms with van der Waals surface area (Å²) in [5.41, 5.74) is 6.44. The standard InChI is InChI=1S/C21H20FN3O3/c22-17-10-13(23)4-7-18(17)25-12-16(21(27)28)20(26)15-6-5-14(11-19(15)25)24-8-2-1-3-9-24/h4-7,10-12H,1-3,8-9,23H2,(H,27,28). The van der Waals surface area contributed by atoms with Gasteiger partial charge in [0.05, 0.1) is 11.2 Å². The third-order valence-corrected chi connectivity index (χ3v) is 5.17. The van der Waals surface area contributed by atoms with Gasteiger partial charge in [0.2, 0.25) is 5.43 Å². The number of carboxylic acids is 1. The molecule has 0 amide bonds. The number of aromatic carboxylic acids is 1. The summed E-state index contributed by atoms with van der Waals surface area (Å²) in [4.78, 5) is 26.4. The summed E-state index contributed by atoms with van der Waals surface area (Å²) in [6, 6.07) is 9.47. The highest BCUT2D eigenvalue weighted by atomic mass is 19.1. The molecule has 3 N–H and O–H groups in total. The van der Waals surface area contributed by atoms with Gasteiger partial charge in [0, 0.05) is 36.0 Å². The lowest BCUT2D eigenvalue weighted by atomic mass is 10.1. The quantitative estimate of drug-likeness (QED) is 0.679. The lowest BCUT2D eigenvalue weighted by Gasteiger charge is -2.29. The average Bonchev–Trinajstić information content (AvgIpc) is 2.69. The maximum Gasteiger partial charge on any atom is 0.341 e. The van der Waals surface area contributed by atoms with E-state index >= 15 is 0 Å². The van der Waals surface area contributed by atoms with Crippen LogP contribution in [0.2, 0.25) is 0 Å². The van der Waals surface area contributed by atoms with Crippen molar-refractivity contribution in [3.63, 3.8) is 0 Å². The Bertz CT molecular complexity index is 1130. The molecule has 2 heterocycles. The van der Waals surface area contributed by atoms with Crippen LogP contribution in [0.5, 0.6) is 0 Å². The molecule has 0 bridgehead atoms. The van der Waals surface area contributed by atoms with Gasteiger partial charge in [-0.15, -0.1) is 0 Å². The van der Waals surface area contributed by atoms with Gasteiger partial charge in [-0.1, -0.05) is 0 Å². The number of carbonyl (C=O) groups is 1. The summed E-state index contributed by atoms with van der Waals surface area (Å²) in [7, 11) is 0. The Balaban J connectivity index is 2.00. The number of piperidine rings is 1. The van der Waals surface area contributed by atoms with Crippen molar-refractivity contribution in [1.82, 2.24) is 4.57 Å². The lowest BCUT2D eigenvalue weighted by molar-refractivity contribution is 0.0695. The van der Waals surface area contributed by atoms with Gasteiger partial charge >= 0.3 is 5.97 Å². The average molecular weight is 381 g/mol. The van der Waals surface area contributed by atoms with Gasteiger partial charge in [0.25, 0.3) is 0 Å². The molecule has 0 radical (unpaired) electrons. The number of halogens is 1. The van der Waals surface area contributed by atoms with Gasteiger partial charge in [0.1, 0.15) is 11.4 Å². The SMILES string of the molecule is Nc1ccc(-n2cc(C(=O)O)c(=O)c3ccc(N4CCCCC4)cc32)c(F)c1. The highest BCUT2D eigenvalue weighted by molar-refractivity contribution is 5.94. The second kappa shape index (κ2) is 6.99. The number of hydrogen-bond donors (Lipinski definition) is 2. The van der Waals surface area contributed by atoms with E-state index in [1.54, 1.807) is 6.07 Å². The van der Waals surface area contributed by atoms with Crippen molar-refractivity contribution >= 4 is 28.2 Å². The van der Waals surface area contributed by atoms with Crippen LogP contribution in [0.1, 0.15) is 29.6 Å². The first kappa shape index (κ1) is 18.0. The van der Waals surface area contributed by atoms with E-state index < -0.39 is 22.8 Å². The van der Waals surface area contributed by atoms with Crippen LogP contribution >= 0.6 is 0 Å². The van der Waals surface area contributed by atoms with E-state index in [0.29, 0.717) is 5.52 Å². The molecule has 1 aliphatic rings. The van der Waals surface area contributed by atoms with E-state index in [1.165, 1.54) is 35.4 Å². The Morgan fingerprint density at radius 2 is 1.82 bits per heavy atom. The number of nitrogens with two attached hydrogens (primary N) is 1. The highest BCUT2D eigenvalue weighted by Gasteiger charge is 2.19. The minimum absolute atomic E-state index is 0.137. The molecule has 0 unspecified atom stereocenters.